The number of phenolic OH excluding ortho intramolecular Hbond substituents is 1. The van der Waals surface area contributed by atoms with Gasteiger partial charge in [0.2, 0.25) is 0 Å². The number of aromatic hydroxyl groups is 1. The van der Waals surface area contributed by atoms with Gasteiger partial charge in [-0.25, -0.2) is 5.43 Å². The summed E-state index contributed by atoms with van der Waals surface area (Å²) < 4.78 is 5.61. The molecule has 5 nitrogen and oxygen atoms in total. The van der Waals surface area contributed by atoms with E-state index in [2.05, 4.69) is 10.5 Å². The van der Waals surface area contributed by atoms with Gasteiger partial charge in [-0.3, -0.25) is 4.79 Å². The summed E-state index contributed by atoms with van der Waals surface area (Å²) in [7, 11) is 0. The van der Waals surface area contributed by atoms with Crippen molar-refractivity contribution >= 4 is 35.5 Å². The van der Waals surface area contributed by atoms with E-state index in [0.29, 0.717) is 15.9 Å². The minimum absolute atomic E-state index is 0.102. The van der Waals surface area contributed by atoms with Crippen LogP contribution in [-0.2, 0) is 0 Å². The summed E-state index contributed by atoms with van der Waals surface area (Å²) >= 11 is 7.30. The van der Waals surface area contributed by atoms with E-state index in [1.807, 2.05) is 30.3 Å². The van der Waals surface area contributed by atoms with Gasteiger partial charge in [0.25, 0.3) is 5.91 Å². The number of hydrogen-bond acceptors (Lipinski definition) is 5. The zero-order valence-corrected chi connectivity index (χ0v) is 14.4. The number of benzene rings is 2. The maximum atomic E-state index is 11.9. The Bertz CT molecular complexity index is 907. The molecule has 3 rings (SSSR count). The van der Waals surface area contributed by atoms with E-state index in [4.69, 9.17) is 16.0 Å². The van der Waals surface area contributed by atoms with Crippen LogP contribution in [0, 0.1) is 0 Å². The minimum Gasteiger partial charge on any atom is -0.507 e. The number of amides is 1. The van der Waals surface area contributed by atoms with Gasteiger partial charge in [-0.15, -0.1) is 0 Å². The highest BCUT2D eigenvalue weighted by molar-refractivity contribution is 7.99. The average molecular weight is 373 g/mol. The van der Waals surface area contributed by atoms with E-state index in [9.17, 15) is 9.90 Å². The molecule has 0 atom stereocenters. The zero-order chi connectivity index (χ0) is 17.6. The molecule has 7 heteroatoms. The summed E-state index contributed by atoms with van der Waals surface area (Å²) in [6, 6.07) is 17.2. The largest absolute Gasteiger partial charge is 0.507 e. The summed E-state index contributed by atoms with van der Waals surface area (Å²) in [5.41, 5.74) is 2.49. The van der Waals surface area contributed by atoms with Crippen molar-refractivity contribution in [2.24, 2.45) is 5.10 Å². The van der Waals surface area contributed by atoms with Crippen LogP contribution >= 0.6 is 23.4 Å². The Morgan fingerprint density at radius 3 is 2.64 bits per heavy atom. The van der Waals surface area contributed by atoms with Gasteiger partial charge in [-0.1, -0.05) is 35.5 Å². The first-order valence-electron chi connectivity index (χ1n) is 7.26. The van der Waals surface area contributed by atoms with Gasteiger partial charge in [-0.2, -0.15) is 5.10 Å². The van der Waals surface area contributed by atoms with E-state index in [1.54, 1.807) is 18.2 Å². The highest BCUT2D eigenvalue weighted by atomic mass is 35.5. The van der Waals surface area contributed by atoms with Crippen LogP contribution in [0.2, 0.25) is 5.02 Å². The Morgan fingerprint density at radius 2 is 1.88 bits per heavy atom. The third-order valence-electron chi connectivity index (χ3n) is 3.14. The van der Waals surface area contributed by atoms with Crippen LogP contribution < -0.4 is 5.43 Å². The van der Waals surface area contributed by atoms with Crippen molar-refractivity contribution in [1.82, 2.24) is 5.43 Å². The molecule has 0 aliphatic heterocycles. The molecule has 25 heavy (non-hydrogen) atoms. The molecule has 0 aliphatic carbocycles. The van der Waals surface area contributed by atoms with Crippen LogP contribution in [0.3, 0.4) is 0 Å². The molecule has 0 fully saturated rings. The van der Waals surface area contributed by atoms with E-state index in [0.717, 1.165) is 4.90 Å². The van der Waals surface area contributed by atoms with Gasteiger partial charge in [0.15, 0.2) is 5.09 Å². The second-order valence-corrected chi connectivity index (χ2v) is 6.44. The number of nitrogens with one attached hydrogen (secondary N) is 1. The van der Waals surface area contributed by atoms with Crippen molar-refractivity contribution in [1.29, 1.82) is 0 Å². The molecule has 0 bridgehead atoms. The molecular formula is C18H13ClN2O3S. The molecule has 2 N–H and O–H groups in total. The summed E-state index contributed by atoms with van der Waals surface area (Å²) in [6.07, 6.45) is 1.39. The average Bonchev–Trinajstić information content (AvgIpc) is 3.04. The molecule has 1 amide bonds. The van der Waals surface area contributed by atoms with Crippen molar-refractivity contribution in [3.63, 3.8) is 0 Å². The molecule has 0 saturated heterocycles. The lowest BCUT2D eigenvalue weighted by molar-refractivity contribution is 0.0952. The Hall–Kier alpha value is -2.70. The number of rotatable bonds is 5. The maximum absolute atomic E-state index is 11.9. The second-order valence-electron chi connectivity index (χ2n) is 4.93. The normalized spacial score (nSPS) is 10.9. The molecule has 2 aromatic carbocycles. The van der Waals surface area contributed by atoms with E-state index in [-0.39, 0.29) is 11.3 Å². The first-order chi connectivity index (χ1) is 12.1. The van der Waals surface area contributed by atoms with E-state index < -0.39 is 5.91 Å². The number of carbonyl (C=O) groups excluding carboxylic acids is 1. The fourth-order valence-corrected chi connectivity index (χ4v) is 2.86. The lowest BCUT2D eigenvalue weighted by Gasteiger charge is -2.01. The molecule has 0 aliphatic rings. The van der Waals surface area contributed by atoms with Gasteiger partial charge in [0, 0.05) is 9.92 Å². The summed E-state index contributed by atoms with van der Waals surface area (Å²) in [4.78, 5) is 12.9. The van der Waals surface area contributed by atoms with Crippen LogP contribution in [0.1, 0.15) is 16.1 Å². The number of carbonyl (C=O) groups is 1. The molecule has 0 radical (unpaired) electrons. The fraction of sp³-hybridized carbons (Fsp3) is 0. The van der Waals surface area contributed by atoms with Crippen molar-refractivity contribution in [2.45, 2.75) is 9.99 Å². The highest BCUT2D eigenvalue weighted by Crippen LogP contribution is 2.29. The van der Waals surface area contributed by atoms with Crippen LogP contribution in [0.5, 0.6) is 5.75 Å². The van der Waals surface area contributed by atoms with Gasteiger partial charge >= 0.3 is 0 Å². The first-order valence-corrected chi connectivity index (χ1v) is 8.46. The third-order valence-corrected chi connectivity index (χ3v) is 4.32. The molecule has 0 saturated carbocycles. The van der Waals surface area contributed by atoms with E-state index in [1.165, 1.54) is 30.1 Å². The van der Waals surface area contributed by atoms with Gasteiger partial charge < -0.3 is 9.52 Å². The van der Waals surface area contributed by atoms with E-state index >= 15 is 0 Å². The summed E-state index contributed by atoms with van der Waals surface area (Å²) in [6.45, 7) is 0. The number of phenols is 1. The molecule has 126 valence electrons. The number of furan rings is 1. The molecular weight excluding hydrogens is 360 g/mol. The predicted octanol–water partition coefficient (Wildman–Crippen LogP) is 4.55. The molecule has 3 aromatic rings. The maximum Gasteiger partial charge on any atom is 0.275 e. The Balaban J connectivity index is 1.59. The topological polar surface area (TPSA) is 74.8 Å². The Labute approximate surface area is 153 Å². The summed E-state index contributed by atoms with van der Waals surface area (Å²) in [5.74, 6) is -0.111. The summed E-state index contributed by atoms with van der Waals surface area (Å²) in [5, 5.41) is 14.8. The Kier molecular flexibility index (Phi) is 5.42. The zero-order valence-electron chi connectivity index (χ0n) is 12.8. The number of nitrogens with zero attached hydrogens (tertiary/aromatic N) is 1. The van der Waals surface area contributed by atoms with Crippen LogP contribution in [-0.4, -0.2) is 17.2 Å². The van der Waals surface area contributed by atoms with Gasteiger partial charge in [0.05, 0.1) is 11.8 Å². The molecule has 0 unspecified atom stereocenters. The van der Waals surface area contributed by atoms with Gasteiger partial charge in [-0.05, 0) is 48.5 Å². The van der Waals surface area contributed by atoms with Crippen LogP contribution in [0.4, 0.5) is 0 Å². The minimum atomic E-state index is -0.503. The lowest BCUT2D eigenvalue weighted by Crippen LogP contribution is -2.17. The predicted molar refractivity (Wildman–Crippen MR) is 97.5 cm³/mol. The highest BCUT2D eigenvalue weighted by Gasteiger charge is 2.09. The number of para-hydroxylation sites is 1. The second kappa shape index (κ2) is 7.92. The van der Waals surface area contributed by atoms with Crippen molar-refractivity contribution < 1.29 is 14.3 Å². The smallest absolute Gasteiger partial charge is 0.275 e. The Morgan fingerprint density at radius 1 is 1.12 bits per heavy atom. The molecule has 0 spiro atoms. The quantitative estimate of drug-likeness (QED) is 0.508. The monoisotopic (exact) mass is 372 g/mol. The van der Waals surface area contributed by atoms with Crippen molar-refractivity contribution in [3.05, 3.63) is 77.0 Å². The lowest BCUT2D eigenvalue weighted by atomic mass is 10.2. The van der Waals surface area contributed by atoms with Gasteiger partial charge in [0.1, 0.15) is 11.5 Å². The fourth-order valence-electron chi connectivity index (χ4n) is 1.96. The third kappa shape index (κ3) is 4.65. The van der Waals surface area contributed by atoms with Crippen LogP contribution in [0.25, 0.3) is 0 Å². The van der Waals surface area contributed by atoms with Crippen LogP contribution in [0.15, 0.2) is 80.2 Å². The SMILES string of the molecule is O=C(NN=Cc1ccc(Sc2ccc(Cl)cc2)o1)c1ccccc1O. The molecule has 1 heterocycles. The van der Waals surface area contributed by atoms with Crippen molar-refractivity contribution in [2.75, 3.05) is 0 Å². The number of hydrazone groups is 1. The van der Waals surface area contributed by atoms with Crippen molar-refractivity contribution in [3.8, 4) is 5.75 Å². The molecule has 1 aromatic heterocycles. The number of hydrogen-bond donors (Lipinski definition) is 2. The number of halogens is 1. The first kappa shape index (κ1) is 17.1. The standard InChI is InChI=1S/C18H13ClN2O3S/c19-12-5-8-14(9-6-12)25-17-10-7-13(24-17)11-20-21-18(23)15-3-1-2-4-16(15)22/h1-11,22H,(H,21,23).